The van der Waals surface area contributed by atoms with E-state index in [0.717, 1.165) is 16.8 Å². The molecule has 0 aliphatic rings. The molecule has 3 N–H and O–H groups in total. The van der Waals surface area contributed by atoms with Gasteiger partial charge in [-0.2, -0.15) is 4.68 Å². The first kappa shape index (κ1) is 14.6. The summed E-state index contributed by atoms with van der Waals surface area (Å²) < 4.78 is 36.8. The smallest absolute Gasteiger partial charge is 0.444 e. The second-order valence-electron chi connectivity index (χ2n) is 4.47. The lowest BCUT2D eigenvalue weighted by molar-refractivity contribution is 0.308. The van der Waals surface area contributed by atoms with Gasteiger partial charge in [-0.05, 0) is 24.3 Å². The number of hydrogen-bond donors (Lipinski definition) is 2. The van der Waals surface area contributed by atoms with E-state index in [1.165, 1.54) is 18.2 Å². The standard InChI is InChI=1S/C14H9F2N3O4/c15-7-1-4-12(9(16)5-7)22-13-18-19(14(21)23-13)8-2-3-10(17)11(20)6-8/h1-6,20H,17H2. The summed E-state index contributed by atoms with van der Waals surface area (Å²) in [5, 5.41) is 13.3. The summed E-state index contributed by atoms with van der Waals surface area (Å²) in [6.45, 7) is 0. The summed E-state index contributed by atoms with van der Waals surface area (Å²) in [6.07, 6.45) is -0.545. The molecular weight excluding hydrogens is 312 g/mol. The molecule has 0 aliphatic carbocycles. The normalized spacial score (nSPS) is 10.7. The number of aromatic hydroxyl groups is 1. The predicted octanol–water partition coefficient (Wildman–Crippen LogP) is 2.18. The van der Waals surface area contributed by atoms with E-state index >= 15 is 0 Å². The van der Waals surface area contributed by atoms with Gasteiger partial charge in [0.2, 0.25) is 0 Å². The Morgan fingerprint density at radius 2 is 2.00 bits per heavy atom. The van der Waals surface area contributed by atoms with Crippen molar-refractivity contribution in [2.45, 2.75) is 0 Å². The van der Waals surface area contributed by atoms with Gasteiger partial charge in [0.05, 0.1) is 11.4 Å². The fraction of sp³-hybridized carbons (Fsp3) is 0. The number of phenols is 1. The van der Waals surface area contributed by atoms with Gasteiger partial charge in [-0.1, -0.05) is 5.10 Å². The summed E-state index contributed by atoms with van der Waals surface area (Å²) in [5.74, 6) is -3.29. The van der Waals surface area contributed by atoms with E-state index < -0.39 is 23.5 Å². The highest BCUT2D eigenvalue weighted by Crippen LogP contribution is 2.25. The number of rotatable bonds is 3. The van der Waals surface area contributed by atoms with E-state index in [9.17, 15) is 18.7 Å². The van der Waals surface area contributed by atoms with Gasteiger partial charge < -0.3 is 20.0 Å². The quantitative estimate of drug-likeness (QED) is 0.566. The molecule has 0 saturated heterocycles. The maximum Gasteiger partial charge on any atom is 0.444 e. The molecule has 0 unspecified atom stereocenters. The molecule has 3 aromatic rings. The minimum Gasteiger partial charge on any atom is -0.506 e. The van der Waals surface area contributed by atoms with Gasteiger partial charge in [0, 0.05) is 12.1 Å². The van der Waals surface area contributed by atoms with Gasteiger partial charge in [0.25, 0.3) is 0 Å². The van der Waals surface area contributed by atoms with Crippen LogP contribution < -0.4 is 16.2 Å². The van der Waals surface area contributed by atoms with E-state index in [1.54, 1.807) is 0 Å². The molecule has 23 heavy (non-hydrogen) atoms. The average molecular weight is 321 g/mol. The van der Waals surface area contributed by atoms with Gasteiger partial charge >= 0.3 is 11.8 Å². The van der Waals surface area contributed by atoms with Crippen molar-refractivity contribution in [3.8, 4) is 23.3 Å². The van der Waals surface area contributed by atoms with Crippen LogP contribution in [0.3, 0.4) is 0 Å². The third-order valence-electron chi connectivity index (χ3n) is 2.88. The molecule has 0 atom stereocenters. The minimum atomic E-state index is -0.979. The number of anilines is 1. The molecule has 7 nitrogen and oxygen atoms in total. The summed E-state index contributed by atoms with van der Waals surface area (Å²) >= 11 is 0. The Morgan fingerprint density at radius 1 is 1.22 bits per heavy atom. The molecule has 0 bridgehead atoms. The van der Waals surface area contributed by atoms with Crippen LogP contribution in [0.5, 0.6) is 17.6 Å². The lowest BCUT2D eigenvalue weighted by Gasteiger charge is -2.02. The molecular formula is C14H9F2N3O4. The van der Waals surface area contributed by atoms with Crippen LogP contribution in [0.15, 0.2) is 45.6 Å². The third kappa shape index (κ3) is 2.84. The third-order valence-corrected chi connectivity index (χ3v) is 2.88. The number of ether oxygens (including phenoxy) is 1. The number of nitrogens with zero attached hydrogens (tertiary/aromatic N) is 2. The molecule has 3 rings (SSSR count). The maximum atomic E-state index is 13.5. The zero-order valence-electron chi connectivity index (χ0n) is 11.4. The van der Waals surface area contributed by atoms with Crippen LogP contribution in [0.25, 0.3) is 5.69 Å². The molecule has 2 aromatic carbocycles. The zero-order chi connectivity index (χ0) is 16.6. The number of hydrogen-bond acceptors (Lipinski definition) is 6. The van der Waals surface area contributed by atoms with Crippen molar-refractivity contribution in [1.29, 1.82) is 0 Å². The molecule has 0 radical (unpaired) electrons. The molecule has 1 heterocycles. The van der Waals surface area contributed by atoms with E-state index in [1.807, 2.05) is 0 Å². The topological polar surface area (TPSA) is 104 Å². The summed E-state index contributed by atoms with van der Waals surface area (Å²) in [5.41, 5.74) is 5.75. The SMILES string of the molecule is Nc1ccc(-n2nc(Oc3ccc(F)cc3F)oc2=O)cc1O. The van der Waals surface area contributed by atoms with Crippen LogP contribution in [0.1, 0.15) is 0 Å². The highest BCUT2D eigenvalue weighted by molar-refractivity contribution is 5.56. The van der Waals surface area contributed by atoms with Gasteiger partial charge in [-0.3, -0.25) is 0 Å². The van der Waals surface area contributed by atoms with Gasteiger partial charge in [0.15, 0.2) is 11.6 Å². The highest BCUT2D eigenvalue weighted by atomic mass is 19.1. The molecule has 0 amide bonds. The monoisotopic (exact) mass is 321 g/mol. The van der Waals surface area contributed by atoms with Crippen molar-refractivity contribution in [2.24, 2.45) is 0 Å². The van der Waals surface area contributed by atoms with Crippen LogP contribution in [-0.4, -0.2) is 14.9 Å². The Balaban J connectivity index is 1.94. The molecule has 118 valence electrons. The number of nitrogens with two attached hydrogens (primary N) is 1. The first-order chi connectivity index (χ1) is 10.9. The fourth-order valence-corrected chi connectivity index (χ4v) is 1.78. The fourth-order valence-electron chi connectivity index (χ4n) is 1.78. The summed E-state index contributed by atoms with van der Waals surface area (Å²) in [6, 6.07) is 6.60. The van der Waals surface area contributed by atoms with Crippen molar-refractivity contribution in [2.75, 3.05) is 5.73 Å². The number of benzene rings is 2. The second kappa shape index (κ2) is 5.44. The molecule has 9 heteroatoms. The van der Waals surface area contributed by atoms with Crippen molar-refractivity contribution < 1.29 is 23.0 Å². The Kier molecular flexibility index (Phi) is 3.45. The minimum absolute atomic E-state index is 0.121. The van der Waals surface area contributed by atoms with Gasteiger partial charge in [-0.15, -0.1) is 0 Å². The first-order valence-corrected chi connectivity index (χ1v) is 6.26. The van der Waals surface area contributed by atoms with Crippen LogP contribution in [0.4, 0.5) is 14.5 Å². The van der Waals surface area contributed by atoms with E-state index in [-0.39, 0.29) is 22.9 Å². The molecule has 1 aromatic heterocycles. The van der Waals surface area contributed by atoms with Gasteiger partial charge in [-0.25, -0.2) is 13.6 Å². The maximum absolute atomic E-state index is 13.5. The van der Waals surface area contributed by atoms with Crippen LogP contribution in [-0.2, 0) is 0 Å². The first-order valence-electron chi connectivity index (χ1n) is 6.26. The predicted molar refractivity (Wildman–Crippen MR) is 74.6 cm³/mol. The van der Waals surface area contributed by atoms with Crippen molar-refractivity contribution in [3.05, 3.63) is 58.6 Å². The highest BCUT2D eigenvalue weighted by Gasteiger charge is 2.15. The van der Waals surface area contributed by atoms with Crippen LogP contribution in [0, 0.1) is 11.6 Å². The van der Waals surface area contributed by atoms with E-state index in [2.05, 4.69) is 5.10 Å². The summed E-state index contributed by atoms with van der Waals surface area (Å²) in [7, 11) is 0. The van der Waals surface area contributed by atoms with Crippen molar-refractivity contribution >= 4 is 5.69 Å². The Bertz CT molecular complexity index is 936. The van der Waals surface area contributed by atoms with E-state index in [0.29, 0.717) is 6.07 Å². The largest absolute Gasteiger partial charge is 0.506 e. The Labute approximate surface area is 127 Å². The molecule has 0 spiro atoms. The van der Waals surface area contributed by atoms with Crippen LogP contribution in [0.2, 0.25) is 0 Å². The number of halogens is 2. The lowest BCUT2D eigenvalue weighted by atomic mass is 10.2. The van der Waals surface area contributed by atoms with E-state index in [4.69, 9.17) is 14.9 Å². The lowest BCUT2D eigenvalue weighted by Crippen LogP contribution is -2.13. The van der Waals surface area contributed by atoms with Gasteiger partial charge in [0.1, 0.15) is 11.6 Å². The van der Waals surface area contributed by atoms with Crippen molar-refractivity contribution in [1.82, 2.24) is 9.78 Å². The molecule has 0 aliphatic heterocycles. The number of aromatic nitrogens is 2. The summed E-state index contributed by atoms with van der Waals surface area (Å²) in [4.78, 5) is 11.8. The Morgan fingerprint density at radius 3 is 2.70 bits per heavy atom. The van der Waals surface area contributed by atoms with Crippen LogP contribution >= 0.6 is 0 Å². The number of phenolic OH excluding ortho intramolecular Hbond substituents is 1. The zero-order valence-corrected chi connectivity index (χ0v) is 11.4. The number of nitrogen functional groups attached to an aromatic ring is 1. The Hall–Kier alpha value is -3.36. The van der Waals surface area contributed by atoms with Crippen molar-refractivity contribution in [3.63, 3.8) is 0 Å². The average Bonchev–Trinajstić information content (AvgIpc) is 2.86. The second-order valence-corrected chi connectivity index (χ2v) is 4.47. The molecule has 0 saturated carbocycles. The molecule has 0 fully saturated rings.